The minimum atomic E-state index is -4.56. The van der Waals surface area contributed by atoms with E-state index in [1.807, 2.05) is 25.1 Å². The first-order valence-electron chi connectivity index (χ1n) is 8.47. The van der Waals surface area contributed by atoms with Crippen LogP contribution in [-0.2, 0) is 12.6 Å². The average Bonchev–Trinajstić information content (AvgIpc) is 3.19. The number of rotatable bonds is 5. The number of nitrogens with zero attached hydrogens (tertiary/aromatic N) is 2. The fraction of sp³-hybridized carbons (Fsp3) is 0.263. The first-order valence-corrected chi connectivity index (χ1v) is 10.1. The predicted molar refractivity (Wildman–Crippen MR) is 106 cm³/mol. The fourth-order valence-electron chi connectivity index (χ4n) is 2.93. The molecule has 0 aliphatic rings. The molecule has 3 aromatic heterocycles. The Morgan fingerprint density at radius 2 is 1.89 bits per heavy atom. The van der Waals surface area contributed by atoms with E-state index in [4.69, 9.17) is 0 Å². The smallest absolute Gasteiger partial charge is 0.369 e. The Morgan fingerprint density at radius 3 is 2.67 bits per heavy atom. The van der Waals surface area contributed by atoms with Gasteiger partial charge in [0, 0.05) is 21.0 Å². The molecule has 0 amide bonds. The van der Waals surface area contributed by atoms with Crippen molar-refractivity contribution in [3.05, 3.63) is 52.0 Å². The van der Waals surface area contributed by atoms with Gasteiger partial charge in [-0.25, -0.2) is 9.97 Å². The molecule has 1 aromatic carbocycles. The third-order valence-electron chi connectivity index (χ3n) is 4.14. The van der Waals surface area contributed by atoms with Crippen molar-refractivity contribution in [2.24, 2.45) is 0 Å². The number of aromatic nitrogens is 2. The molecule has 1 N–H and O–H groups in total. The Hall–Kier alpha value is -2.19. The number of alkyl halides is 3. The standard InChI is InChI=1S/C19H16F3N3S2/c1-11-9-14-16(24-18(19(20,21)22)25-17(14)26-11)23-8-4-6-13-10-12-5-2-3-7-15(12)27-13/h2-3,5,7,9-10H,4,6,8H2,1H3,(H,23,24,25). The fourth-order valence-corrected chi connectivity index (χ4v) is 4.92. The van der Waals surface area contributed by atoms with Crippen LogP contribution in [0.1, 0.15) is 22.0 Å². The van der Waals surface area contributed by atoms with Crippen molar-refractivity contribution < 1.29 is 13.2 Å². The Morgan fingerprint density at radius 1 is 1.07 bits per heavy atom. The highest BCUT2D eigenvalue weighted by atomic mass is 32.1. The molecule has 27 heavy (non-hydrogen) atoms. The van der Waals surface area contributed by atoms with Crippen LogP contribution in [-0.4, -0.2) is 16.5 Å². The molecule has 0 aliphatic carbocycles. The predicted octanol–water partition coefficient (Wildman–Crippen LogP) is 6.28. The molecule has 3 nitrogen and oxygen atoms in total. The van der Waals surface area contributed by atoms with Crippen LogP contribution in [0.25, 0.3) is 20.3 Å². The van der Waals surface area contributed by atoms with E-state index in [0.29, 0.717) is 16.8 Å². The minimum Gasteiger partial charge on any atom is -0.369 e. The van der Waals surface area contributed by atoms with Crippen LogP contribution in [0.15, 0.2) is 36.4 Å². The second-order valence-corrected chi connectivity index (χ2v) is 8.65. The largest absolute Gasteiger partial charge is 0.451 e. The molecule has 0 saturated heterocycles. The Labute approximate surface area is 161 Å². The van der Waals surface area contributed by atoms with Crippen molar-refractivity contribution in [1.29, 1.82) is 0 Å². The highest BCUT2D eigenvalue weighted by Gasteiger charge is 2.35. The van der Waals surface area contributed by atoms with E-state index in [1.54, 1.807) is 11.3 Å². The van der Waals surface area contributed by atoms with Gasteiger partial charge in [-0.3, -0.25) is 0 Å². The topological polar surface area (TPSA) is 37.8 Å². The SMILES string of the molecule is Cc1cc2c(NCCCc3cc4ccccc4s3)nc(C(F)(F)F)nc2s1. The van der Waals surface area contributed by atoms with Crippen LogP contribution >= 0.6 is 22.7 Å². The van der Waals surface area contributed by atoms with Crippen molar-refractivity contribution in [1.82, 2.24) is 9.97 Å². The first-order chi connectivity index (χ1) is 12.9. The monoisotopic (exact) mass is 407 g/mol. The molecule has 0 bridgehead atoms. The van der Waals surface area contributed by atoms with Gasteiger partial charge in [-0.1, -0.05) is 18.2 Å². The van der Waals surface area contributed by atoms with Gasteiger partial charge in [-0.15, -0.1) is 22.7 Å². The molecule has 4 rings (SSSR count). The van der Waals surface area contributed by atoms with Crippen LogP contribution in [0, 0.1) is 6.92 Å². The Kier molecular flexibility index (Phi) is 4.77. The number of anilines is 1. The third kappa shape index (κ3) is 3.91. The van der Waals surface area contributed by atoms with E-state index in [9.17, 15) is 13.2 Å². The summed E-state index contributed by atoms with van der Waals surface area (Å²) in [6, 6.07) is 12.2. The second-order valence-electron chi connectivity index (χ2n) is 6.25. The van der Waals surface area contributed by atoms with Gasteiger partial charge in [-0.2, -0.15) is 13.2 Å². The average molecular weight is 407 g/mol. The molecule has 140 valence electrons. The van der Waals surface area contributed by atoms with Gasteiger partial charge in [-0.05, 0) is 43.4 Å². The summed E-state index contributed by atoms with van der Waals surface area (Å²) < 4.78 is 40.5. The lowest BCUT2D eigenvalue weighted by Crippen LogP contribution is -2.13. The second kappa shape index (κ2) is 7.09. The summed E-state index contributed by atoms with van der Waals surface area (Å²) in [5.41, 5.74) is 0. The zero-order valence-electron chi connectivity index (χ0n) is 14.4. The van der Waals surface area contributed by atoms with E-state index in [1.165, 1.54) is 26.3 Å². The highest BCUT2D eigenvalue weighted by molar-refractivity contribution is 7.19. The van der Waals surface area contributed by atoms with Crippen molar-refractivity contribution in [2.75, 3.05) is 11.9 Å². The van der Waals surface area contributed by atoms with Crippen LogP contribution in [0.5, 0.6) is 0 Å². The van der Waals surface area contributed by atoms with Gasteiger partial charge in [0.1, 0.15) is 10.6 Å². The van der Waals surface area contributed by atoms with Crippen LogP contribution in [0.4, 0.5) is 19.0 Å². The molecule has 0 unspecified atom stereocenters. The Bertz CT molecular complexity index is 1070. The molecule has 0 fully saturated rings. The van der Waals surface area contributed by atoms with Crippen molar-refractivity contribution in [3.63, 3.8) is 0 Å². The molecule has 8 heteroatoms. The molecule has 0 radical (unpaired) electrons. The summed E-state index contributed by atoms with van der Waals surface area (Å²) in [6.07, 6.45) is -2.88. The minimum absolute atomic E-state index is 0.257. The zero-order valence-corrected chi connectivity index (χ0v) is 16.1. The molecular formula is C19H16F3N3S2. The molecule has 4 aromatic rings. The van der Waals surface area contributed by atoms with Crippen molar-refractivity contribution in [2.45, 2.75) is 25.9 Å². The number of halogens is 3. The van der Waals surface area contributed by atoms with E-state index >= 15 is 0 Å². The number of fused-ring (bicyclic) bond motifs is 2. The lowest BCUT2D eigenvalue weighted by Gasteiger charge is -2.10. The summed E-state index contributed by atoms with van der Waals surface area (Å²) in [5.74, 6) is -0.836. The summed E-state index contributed by atoms with van der Waals surface area (Å²) in [4.78, 5) is 9.94. The lowest BCUT2D eigenvalue weighted by atomic mass is 10.2. The maximum Gasteiger partial charge on any atom is 0.451 e. The number of thiophene rings is 2. The molecule has 0 spiro atoms. The van der Waals surface area contributed by atoms with Gasteiger partial charge < -0.3 is 5.32 Å². The Balaban J connectivity index is 1.48. The quantitative estimate of drug-likeness (QED) is 0.396. The molecule has 0 saturated carbocycles. The third-order valence-corrected chi connectivity index (χ3v) is 6.26. The number of nitrogens with one attached hydrogen (secondary N) is 1. The van der Waals surface area contributed by atoms with Gasteiger partial charge in [0.2, 0.25) is 5.82 Å². The van der Waals surface area contributed by atoms with Gasteiger partial charge in [0.25, 0.3) is 0 Å². The number of hydrogen-bond donors (Lipinski definition) is 1. The van der Waals surface area contributed by atoms with Crippen LogP contribution < -0.4 is 5.32 Å². The number of benzene rings is 1. The van der Waals surface area contributed by atoms with E-state index in [-0.39, 0.29) is 5.82 Å². The first kappa shape index (κ1) is 18.2. The van der Waals surface area contributed by atoms with E-state index < -0.39 is 12.0 Å². The summed E-state index contributed by atoms with van der Waals surface area (Å²) in [7, 11) is 0. The zero-order chi connectivity index (χ0) is 19.0. The van der Waals surface area contributed by atoms with E-state index in [0.717, 1.165) is 17.7 Å². The van der Waals surface area contributed by atoms with Crippen molar-refractivity contribution >= 4 is 48.8 Å². The number of hydrogen-bond acceptors (Lipinski definition) is 5. The van der Waals surface area contributed by atoms with Crippen LogP contribution in [0.3, 0.4) is 0 Å². The van der Waals surface area contributed by atoms with Gasteiger partial charge >= 0.3 is 6.18 Å². The molecule has 0 atom stereocenters. The van der Waals surface area contributed by atoms with Gasteiger partial charge in [0.05, 0.1) is 5.39 Å². The summed E-state index contributed by atoms with van der Waals surface area (Å²) >= 11 is 3.00. The van der Waals surface area contributed by atoms with Gasteiger partial charge in [0.15, 0.2) is 0 Å². The number of aryl methyl sites for hydroxylation is 2. The molecular weight excluding hydrogens is 391 g/mol. The maximum absolute atomic E-state index is 13.1. The summed E-state index contributed by atoms with van der Waals surface area (Å²) in [6.45, 7) is 2.40. The lowest BCUT2D eigenvalue weighted by molar-refractivity contribution is -0.144. The summed E-state index contributed by atoms with van der Waals surface area (Å²) in [5, 5.41) is 4.95. The highest BCUT2D eigenvalue weighted by Crippen LogP contribution is 2.34. The molecule has 0 aliphatic heterocycles. The normalized spacial score (nSPS) is 12.1. The van der Waals surface area contributed by atoms with Crippen molar-refractivity contribution in [3.8, 4) is 0 Å². The maximum atomic E-state index is 13.1. The molecule has 3 heterocycles. The van der Waals surface area contributed by atoms with Crippen LogP contribution in [0.2, 0.25) is 0 Å². The van der Waals surface area contributed by atoms with E-state index in [2.05, 4.69) is 33.5 Å².